The van der Waals surface area contributed by atoms with Crippen molar-refractivity contribution in [1.29, 1.82) is 0 Å². The summed E-state index contributed by atoms with van der Waals surface area (Å²) in [5.74, 6) is 0. The molecule has 0 fully saturated rings. The first kappa shape index (κ1) is 10.9. The zero-order chi connectivity index (χ0) is 12.4. The van der Waals surface area contributed by atoms with Crippen LogP contribution in [-0.4, -0.2) is 4.98 Å². The fourth-order valence-electron chi connectivity index (χ4n) is 2.10. The van der Waals surface area contributed by atoms with E-state index in [1.54, 1.807) is 0 Å². The van der Waals surface area contributed by atoms with Gasteiger partial charge in [-0.25, -0.2) is 0 Å². The molecule has 0 radical (unpaired) electrons. The van der Waals surface area contributed by atoms with E-state index in [4.69, 9.17) is 5.73 Å². The molecule has 0 saturated heterocycles. The van der Waals surface area contributed by atoms with Crippen molar-refractivity contribution in [3.8, 4) is 11.1 Å². The van der Waals surface area contributed by atoms with Gasteiger partial charge in [-0.2, -0.15) is 0 Å². The topological polar surface area (TPSA) is 38.9 Å². The van der Waals surface area contributed by atoms with Crippen molar-refractivity contribution in [3.63, 3.8) is 0 Å². The SMILES string of the molecule is NCc1ccc2ncc(-c3ccccc3)cc2c1. The molecule has 3 rings (SSSR count). The lowest BCUT2D eigenvalue weighted by atomic mass is 10.0. The normalized spacial score (nSPS) is 10.7. The van der Waals surface area contributed by atoms with E-state index in [9.17, 15) is 0 Å². The smallest absolute Gasteiger partial charge is 0.0702 e. The summed E-state index contributed by atoms with van der Waals surface area (Å²) in [5.41, 5.74) is 10.1. The van der Waals surface area contributed by atoms with E-state index < -0.39 is 0 Å². The minimum Gasteiger partial charge on any atom is -0.326 e. The van der Waals surface area contributed by atoms with E-state index in [1.807, 2.05) is 36.5 Å². The second-order valence-corrected chi connectivity index (χ2v) is 4.32. The highest BCUT2D eigenvalue weighted by Gasteiger charge is 2.01. The quantitative estimate of drug-likeness (QED) is 0.738. The van der Waals surface area contributed by atoms with Gasteiger partial charge in [-0.3, -0.25) is 4.98 Å². The summed E-state index contributed by atoms with van der Waals surface area (Å²) in [6.45, 7) is 0.561. The summed E-state index contributed by atoms with van der Waals surface area (Å²) in [7, 11) is 0. The summed E-state index contributed by atoms with van der Waals surface area (Å²) in [6, 6.07) is 18.6. The molecule has 1 aromatic heterocycles. The van der Waals surface area contributed by atoms with Crippen LogP contribution >= 0.6 is 0 Å². The van der Waals surface area contributed by atoms with Gasteiger partial charge in [0.25, 0.3) is 0 Å². The van der Waals surface area contributed by atoms with Crippen molar-refractivity contribution in [1.82, 2.24) is 4.98 Å². The van der Waals surface area contributed by atoms with Crippen LogP contribution in [0.3, 0.4) is 0 Å². The lowest BCUT2D eigenvalue weighted by Gasteiger charge is -2.04. The van der Waals surface area contributed by atoms with Gasteiger partial charge < -0.3 is 5.73 Å². The molecule has 0 aliphatic heterocycles. The molecule has 1 heterocycles. The molecule has 2 aromatic carbocycles. The number of fused-ring (bicyclic) bond motifs is 1. The maximum atomic E-state index is 5.67. The maximum absolute atomic E-state index is 5.67. The van der Waals surface area contributed by atoms with Gasteiger partial charge in [-0.15, -0.1) is 0 Å². The number of pyridine rings is 1. The van der Waals surface area contributed by atoms with Crippen LogP contribution < -0.4 is 5.73 Å². The van der Waals surface area contributed by atoms with Gasteiger partial charge >= 0.3 is 0 Å². The molecule has 0 amide bonds. The molecule has 3 aromatic rings. The lowest BCUT2D eigenvalue weighted by molar-refractivity contribution is 1.07. The Morgan fingerprint density at radius 2 is 1.72 bits per heavy atom. The fraction of sp³-hybridized carbons (Fsp3) is 0.0625. The van der Waals surface area contributed by atoms with Crippen LogP contribution in [0.1, 0.15) is 5.56 Å². The van der Waals surface area contributed by atoms with E-state index >= 15 is 0 Å². The first-order chi connectivity index (χ1) is 8.86. The number of benzene rings is 2. The highest BCUT2D eigenvalue weighted by molar-refractivity contribution is 5.84. The molecule has 2 nitrogen and oxygen atoms in total. The minimum absolute atomic E-state index is 0.561. The average molecular weight is 234 g/mol. The number of rotatable bonds is 2. The van der Waals surface area contributed by atoms with E-state index in [1.165, 1.54) is 5.56 Å². The molecule has 0 spiro atoms. The van der Waals surface area contributed by atoms with E-state index in [0.717, 1.165) is 22.0 Å². The summed E-state index contributed by atoms with van der Waals surface area (Å²) >= 11 is 0. The van der Waals surface area contributed by atoms with Crippen LogP contribution in [0.2, 0.25) is 0 Å². The van der Waals surface area contributed by atoms with Crippen LogP contribution in [-0.2, 0) is 6.54 Å². The van der Waals surface area contributed by atoms with Gasteiger partial charge in [0.05, 0.1) is 5.52 Å². The molecule has 0 unspecified atom stereocenters. The molecule has 18 heavy (non-hydrogen) atoms. The van der Waals surface area contributed by atoms with Crippen molar-refractivity contribution in [2.75, 3.05) is 0 Å². The molecule has 0 bridgehead atoms. The van der Waals surface area contributed by atoms with Crippen molar-refractivity contribution in [3.05, 3.63) is 66.4 Å². The summed E-state index contributed by atoms with van der Waals surface area (Å²) in [5, 5.41) is 1.14. The van der Waals surface area contributed by atoms with Crippen LogP contribution in [0, 0.1) is 0 Å². The number of nitrogens with zero attached hydrogens (tertiary/aromatic N) is 1. The third kappa shape index (κ3) is 1.98. The number of aromatic nitrogens is 1. The standard InChI is InChI=1S/C16H14N2/c17-10-12-6-7-16-14(8-12)9-15(11-18-16)13-4-2-1-3-5-13/h1-9,11H,10,17H2. The molecular weight excluding hydrogens is 220 g/mol. The van der Waals surface area contributed by atoms with Crippen LogP contribution in [0.4, 0.5) is 0 Å². The van der Waals surface area contributed by atoms with Crippen LogP contribution in [0.25, 0.3) is 22.0 Å². The maximum Gasteiger partial charge on any atom is 0.0702 e. The molecule has 0 saturated carbocycles. The molecule has 2 N–H and O–H groups in total. The Labute approximate surface area is 106 Å². The van der Waals surface area contributed by atoms with Gasteiger partial charge in [0.15, 0.2) is 0 Å². The summed E-state index contributed by atoms with van der Waals surface area (Å²) < 4.78 is 0. The zero-order valence-electron chi connectivity index (χ0n) is 10.0. The average Bonchev–Trinajstić information content (AvgIpc) is 2.47. The Bertz CT molecular complexity index is 675. The first-order valence-electron chi connectivity index (χ1n) is 6.01. The third-order valence-corrected chi connectivity index (χ3v) is 3.09. The minimum atomic E-state index is 0.561. The zero-order valence-corrected chi connectivity index (χ0v) is 10.0. The Morgan fingerprint density at radius 1 is 0.889 bits per heavy atom. The predicted molar refractivity (Wildman–Crippen MR) is 75.1 cm³/mol. The fourth-order valence-corrected chi connectivity index (χ4v) is 2.10. The highest BCUT2D eigenvalue weighted by Crippen LogP contribution is 2.23. The largest absolute Gasteiger partial charge is 0.326 e. The second kappa shape index (κ2) is 4.59. The Morgan fingerprint density at radius 3 is 2.50 bits per heavy atom. The monoisotopic (exact) mass is 234 g/mol. The van der Waals surface area contributed by atoms with Gasteiger partial charge in [-0.05, 0) is 29.3 Å². The molecule has 0 atom stereocenters. The van der Waals surface area contributed by atoms with Crippen molar-refractivity contribution in [2.45, 2.75) is 6.54 Å². The summed E-state index contributed by atoms with van der Waals surface area (Å²) in [6.07, 6.45) is 1.92. The molecular formula is C16H14N2. The van der Waals surface area contributed by atoms with Crippen molar-refractivity contribution >= 4 is 10.9 Å². The Kier molecular flexibility index (Phi) is 2.79. The first-order valence-corrected chi connectivity index (χ1v) is 6.01. The molecule has 2 heteroatoms. The number of hydrogen-bond donors (Lipinski definition) is 1. The van der Waals surface area contributed by atoms with Gasteiger partial charge in [-0.1, -0.05) is 36.4 Å². The van der Waals surface area contributed by atoms with E-state index in [2.05, 4.69) is 29.2 Å². The predicted octanol–water partition coefficient (Wildman–Crippen LogP) is 3.36. The van der Waals surface area contributed by atoms with Crippen molar-refractivity contribution in [2.24, 2.45) is 5.73 Å². The number of hydrogen-bond acceptors (Lipinski definition) is 2. The molecule has 0 aliphatic rings. The molecule has 88 valence electrons. The molecule has 0 aliphatic carbocycles. The highest BCUT2D eigenvalue weighted by atomic mass is 14.6. The van der Waals surface area contributed by atoms with Crippen molar-refractivity contribution < 1.29 is 0 Å². The van der Waals surface area contributed by atoms with Gasteiger partial charge in [0, 0.05) is 23.7 Å². The summed E-state index contributed by atoms with van der Waals surface area (Å²) in [4.78, 5) is 4.49. The third-order valence-electron chi connectivity index (χ3n) is 3.09. The van der Waals surface area contributed by atoms with E-state index in [0.29, 0.717) is 6.54 Å². The van der Waals surface area contributed by atoms with Gasteiger partial charge in [0.1, 0.15) is 0 Å². The Hall–Kier alpha value is -2.19. The van der Waals surface area contributed by atoms with E-state index in [-0.39, 0.29) is 0 Å². The van der Waals surface area contributed by atoms with Crippen LogP contribution in [0.5, 0.6) is 0 Å². The lowest BCUT2D eigenvalue weighted by Crippen LogP contribution is -1.95. The number of nitrogens with two attached hydrogens (primary N) is 1. The second-order valence-electron chi connectivity index (χ2n) is 4.32. The van der Waals surface area contributed by atoms with Crippen LogP contribution in [0.15, 0.2) is 60.8 Å². The Balaban J connectivity index is 2.15. The van der Waals surface area contributed by atoms with Gasteiger partial charge in [0.2, 0.25) is 0 Å².